The molecule has 0 fully saturated rings. The molecule has 0 saturated heterocycles. The molecule has 0 heterocycles. The van der Waals surface area contributed by atoms with Crippen LogP contribution >= 0.6 is 0 Å². The molecule has 1 aliphatic carbocycles. The van der Waals surface area contributed by atoms with E-state index in [0.29, 0.717) is 12.5 Å². The zero-order valence-corrected chi connectivity index (χ0v) is 15.6. The molecule has 0 N–H and O–H groups in total. The van der Waals surface area contributed by atoms with Gasteiger partial charge in [-0.3, -0.25) is 4.79 Å². The molecule has 1 aliphatic rings. The molecule has 0 spiro atoms. The number of esters is 1. The third kappa shape index (κ3) is 4.31. The minimum absolute atomic E-state index is 0.170. The van der Waals surface area contributed by atoms with E-state index >= 15 is 0 Å². The first-order chi connectivity index (χ1) is 12.5. The Kier molecular flexibility index (Phi) is 5.74. The second-order valence-electron chi connectivity index (χ2n) is 6.60. The van der Waals surface area contributed by atoms with Gasteiger partial charge < -0.3 is 4.74 Å². The van der Waals surface area contributed by atoms with Gasteiger partial charge in [-0.25, -0.2) is 8.42 Å². The Morgan fingerprint density at radius 3 is 2.65 bits per heavy atom. The van der Waals surface area contributed by atoms with E-state index in [2.05, 4.69) is 12.2 Å². The summed E-state index contributed by atoms with van der Waals surface area (Å²) in [5.41, 5.74) is 0. The number of carbonyl (C=O) groups excluding carboxylic acids is 1. The fraction of sp³-hybridized carbons (Fsp3) is 0.350. The monoisotopic (exact) mass is 373 g/mol. The molecule has 26 heavy (non-hydrogen) atoms. The molecule has 6 heteroatoms. The number of hydrogen-bond acceptors (Lipinski definition) is 4. The summed E-state index contributed by atoms with van der Waals surface area (Å²) >= 11 is 0. The molecule has 1 unspecified atom stereocenters. The molecule has 5 nitrogen and oxygen atoms in total. The summed E-state index contributed by atoms with van der Waals surface area (Å²) in [5.74, 6) is -0.197. The van der Waals surface area contributed by atoms with Crippen LogP contribution in [0.2, 0.25) is 0 Å². The summed E-state index contributed by atoms with van der Waals surface area (Å²) in [6, 6.07) is 12.5. The van der Waals surface area contributed by atoms with E-state index in [0.717, 1.165) is 34.3 Å². The largest absolute Gasteiger partial charge is 0.464 e. The Labute approximate surface area is 154 Å². The third-order valence-electron chi connectivity index (χ3n) is 4.64. The maximum absolute atomic E-state index is 12.7. The predicted octanol–water partition coefficient (Wildman–Crippen LogP) is 3.36. The lowest BCUT2D eigenvalue weighted by atomic mass is 9.95. The van der Waals surface area contributed by atoms with E-state index in [-0.39, 0.29) is 11.4 Å². The molecule has 138 valence electrons. The van der Waals surface area contributed by atoms with E-state index < -0.39 is 16.0 Å². The molecule has 0 radical (unpaired) electrons. The lowest BCUT2D eigenvalue weighted by molar-refractivity contribution is -0.145. The SMILES string of the molecule is CN(CC(=O)OCC1CC=CCC1)S(=O)(=O)c1ccc2ccccc2c1. The molecule has 0 bridgehead atoms. The number of allylic oxidation sites excluding steroid dienone is 2. The van der Waals surface area contributed by atoms with Crippen molar-refractivity contribution in [2.45, 2.75) is 24.2 Å². The van der Waals surface area contributed by atoms with Gasteiger partial charge in [0.15, 0.2) is 0 Å². The van der Waals surface area contributed by atoms with E-state index in [1.54, 1.807) is 18.2 Å². The lowest BCUT2D eigenvalue weighted by Gasteiger charge is -2.20. The molecule has 0 amide bonds. The number of benzene rings is 2. The third-order valence-corrected chi connectivity index (χ3v) is 6.44. The molecule has 0 saturated carbocycles. The van der Waals surface area contributed by atoms with Crippen molar-refractivity contribution < 1.29 is 17.9 Å². The van der Waals surface area contributed by atoms with Gasteiger partial charge in [0.2, 0.25) is 10.0 Å². The van der Waals surface area contributed by atoms with Gasteiger partial charge in [-0.15, -0.1) is 0 Å². The van der Waals surface area contributed by atoms with Crippen LogP contribution < -0.4 is 0 Å². The smallest absolute Gasteiger partial charge is 0.321 e. The average Bonchev–Trinajstić information content (AvgIpc) is 2.66. The van der Waals surface area contributed by atoms with Crippen molar-refractivity contribution in [2.75, 3.05) is 20.2 Å². The second kappa shape index (κ2) is 8.01. The summed E-state index contributed by atoms with van der Waals surface area (Å²) in [4.78, 5) is 12.2. The summed E-state index contributed by atoms with van der Waals surface area (Å²) in [5, 5.41) is 1.81. The van der Waals surface area contributed by atoms with Crippen molar-refractivity contribution in [2.24, 2.45) is 5.92 Å². The highest BCUT2D eigenvalue weighted by Crippen LogP contribution is 2.22. The first-order valence-corrected chi connectivity index (χ1v) is 10.2. The van der Waals surface area contributed by atoms with Crippen molar-refractivity contribution in [3.63, 3.8) is 0 Å². The van der Waals surface area contributed by atoms with E-state index in [4.69, 9.17) is 4.74 Å². The first kappa shape index (κ1) is 18.6. The van der Waals surface area contributed by atoms with Crippen LogP contribution in [0.15, 0.2) is 59.5 Å². The number of sulfonamides is 1. The number of carbonyl (C=O) groups is 1. The fourth-order valence-electron chi connectivity index (χ4n) is 3.04. The number of hydrogen-bond donors (Lipinski definition) is 0. The number of likely N-dealkylation sites (N-methyl/N-ethyl adjacent to an activating group) is 1. The number of nitrogens with zero attached hydrogens (tertiary/aromatic N) is 1. The number of fused-ring (bicyclic) bond motifs is 1. The molecule has 2 aromatic rings. The Morgan fingerprint density at radius 2 is 1.92 bits per heavy atom. The molecule has 3 rings (SSSR count). The van der Waals surface area contributed by atoms with Gasteiger partial charge in [0.05, 0.1) is 11.5 Å². The number of rotatable bonds is 6. The second-order valence-corrected chi connectivity index (χ2v) is 8.65. The van der Waals surface area contributed by atoms with Gasteiger partial charge in [-0.1, -0.05) is 42.5 Å². The maximum atomic E-state index is 12.7. The normalized spacial score (nSPS) is 17.5. The van der Waals surface area contributed by atoms with Gasteiger partial charge in [-0.05, 0) is 48.1 Å². The molecule has 0 aromatic heterocycles. The Hall–Kier alpha value is -2.18. The van der Waals surface area contributed by atoms with Gasteiger partial charge in [-0.2, -0.15) is 4.31 Å². The summed E-state index contributed by atoms with van der Waals surface area (Å²) in [6.07, 6.45) is 7.12. The van der Waals surface area contributed by atoms with Crippen molar-refractivity contribution in [1.82, 2.24) is 4.31 Å². The molecule has 2 aromatic carbocycles. The topological polar surface area (TPSA) is 63.7 Å². The van der Waals surface area contributed by atoms with Gasteiger partial charge in [0, 0.05) is 7.05 Å². The first-order valence-electron chi connectivity index (χ1n) is 8.72. The number of ether oxygens (including phenoxy) is 1. The van der Waals surface area contributed by atoms with Crippen LogP contribution in [0.3, 0.4) is 0 Å². The predicted molar refractivity (Wildman–Crippen MR) is 101 cm³/mol. The van der Waals surface area contributed by atoms with Gasteiger partial charge in [0.25, 0.3) is 0 Å². The van der Waals surface area contributed by atoms with Gasteiger partial charge in [0.1, 0.15) is 6.54 Å². The van der Waals surface area contributed by atoms with Crippen LogP contribution in [0, 0.1) is 5.92 Å². The van der Waals surface area contributed by atoms with Crippen LogP contribution in [0.1, 0.15) is 19.3 Å². The molecule has 0 aliphatic heterocycles. The average molecular weight is 373 g/mol. The molecular weight excluding hydrogens is 350 g/mol. The standard InChI is InChI=1S/C20H23NO4S/c1-21(14-20(22)25-15-16-7-3-2-4-8-16)26(23,24)19-12-11-17-9-5-6-10-18(17)13-19/h2-3,5-6,9-13,16H,4,7-8,14-15H2,1H3. The van der Waals surface area contributed by atoms with Crippen molar-refractivity contribution in [3.8, 4) is 0 Å². The zero-order chi connectivity index (χ0) is 18.6. The highest BCUT2D eigenvalue weighted by molar-refractivity contribution is 7.89. The lowest BCUT2D eigenvalue weighted by Crippen LogP contribution is -2.33. The maximum Gasteiger partial charge on any atom is 0.321 e. The highest BCUT2D eigenvalue weighted by Gasteiger charge is 2.24. The van der Waals surface area contributed by atoms with Crippen molar-refractivity contribution in [3.05, 3.63) is 54.6 Å². The minimum atomic E-state index is -3.75. The Bertz CT molecular complexity index is 920. The van der Waals surface area contributed by atoms with Crippen LogP contribution in [0.25, 0.3) is 10.8 Å². The van der Waals surface area contributed by atoms with Gasteiger partial charge >= 0.3 is 5.97 Å². The Balaban J connectivity index is 1.63. The van der Waals surface area contributed by atoms with E-state index in [1.165, 1.54) is 7.05 Å². The van der Waals surface area contributed by atoms with E-state index in [1.807, 2.05) is 24.3 Å². The van der Waals surface area contributed by atoms with Crippen LogP contribution in [0.5, 0.6) is 0 Å². The zero-order valence-electron chi connectivity index (χ0n) is 14.8. The van der Waals surface area contributed by atoms with Crippen LogP contribution in [-0.4, -0.2) is 38.9 Å². The van der Waals surface area contributed by atoms with Crippen molar-refractivity contribution in [1.29, 1.82) is 0 Å². The van der Waals surface area contributed by atoms with Crippen LogP contribution in [-0.2, 0) is 19.6 Å². The molecular formula is C20H23NO4S. The molecule has 1 atom stereocenters. The summed E-state index contributed by atoms with van der Waals surface area (Å²) in [7, 11) is -2.35. The summed E-state index contributed by atoms with van der Waals surface area (Å²) < 4.78 is 31.8. The summed E-state index contributed by atoms with van der Waals surface area (Å²) in [6.45, 7) is 0.0464. The fourth-order valence-corrected chi connectivity index (χ4v) is 4.19. The Morgan fingerprint density at radius 1 is 1.15 bits per heavy atom. The highest BCUT2D eigenvalue weighted by atomic mass is 32.2. The van der Waals surface area contributed by atoms with Crippen molar-refractivity contribution >= 4 is 26.8 Å². The van der Waals surface area contributed by atoms with Crippen LogP contribution in [0.4, 0.5) is 0 Å². The quantitative estimate of drug-likeness (QED) is 0.575. The van der Waals surface area contributed by atoms with E-state index in [9.17, 15) is 13.2 Å². The minimum Gasteiger partial charge on any atom is -0.464 e.